The van der Waals surface area contributed by atoms with Gasteiger partial charge in [0, 0.05) is 7.05 Å². The Morgan fingerprint density at radius 2 is 2.07 bits per heavy atom. The molecule has 0 saturated carbocycles. The van der Waals surface area contributed by atoms with E-state index < -0.39 is 0 Å². The molecule has 1 atom stereocenters. The third kappa shape index (κ3) is 1.52. The van der Waals surface area contributed by atoms with E-state index in [0.717, 1.165) is 5.69 Å². The first-order valence-electron chi connectivity index (χ1n) is 5.01. The van der Waals surface area contributed by atoms with E-state index in [1.807, 2.05) is 36.2 Å². The second-order valence-electron chi connectivity index (χ2n) is 3.90. The molecule has 2 rings (SSSR count). The lowest BCUT2D eigenvalue weighted by atomic mass is 10.2. The highest BCUT2D eigenvalue weighted by atomic mass is 16.2. The molecule has 1 aliphatic heterocycles. The summed E-state index contributed by atoms with van der Waals surface area (Å²) in [5, 5.41) is 3.55. The molecule has 1 amide bonds. The number of para-hydroxylation sites is 2. The standard InChI is InChI=1S/C11H15N3O/c1-8-7-14(13(2)11(8)15)10-6-4-3-5-9(10)12/h3-6,8H,7,12H2,1-2H3. The van der Waals surface area contributed by atoms with Crippen LogP contribution in [0.25, 0.3) is 0 Å². The molecular formula is C11H15N3O. The van der Waals surface area contributed by atoms with Crippen molar-refractivity contribution < 1.29 is 4.79 Å². The lowest BCUT2D eigenvalue weighted by Crippen LogP contribution is -2.35. The first-order chi connectivity index (χ1) is 7.11. The van der Waals surface area contributed by atoms with Gasteiger partial charge >= 0.3 is 0 Å². The Balaban J connectivity index is 2.34. The van der Waals surface area contributed by atoms with E-state index in [1.54, 1.807) is 12.1 Å². The number of nitrogens with zero attached hydrogens (tertiary/aromatic N) is 2. The average Bonchev–Trinajstić information content (AvgIpc) is 2.47. The van der Waals surface area contributed by atoms with Crippen molar-refractivity contribution in [3.05, 3.63) is 24.3 Å². The molecular weight excluding hydrogens is 190 g/mol. The molecule has 0 aromatic heterocycles. The summed E-state index contributed by atoms with van der Waals surface area (Å²) in [4.78, 5) is 11.6. The minimum atomic E-state index is 0.0367. The molecule has 15 heavy (non-hydrogen) atoms. The number of nitrogen functional groups attached to an aromatic ring is 1. The zero-order valence-electron chi connectivity index (χ0n) is 8.97. The van der Waals surface area contributed by atoms with Crippen molar-refractivity contribution >= 4 is 17.3 Å². The summed E-state index contributed by atoms with van der Waals surface area (Å²) in [6.07, 6.45) is 0. The lowest BCUT2D eigenvalue weighted by Gasteiger charge is -2.26. The van der Waals surface area contributed by atoms with Crippen LogP contribution < -0.4 is 10.7 Å². The highest BCUT2D eigenvalue weighted by molar-refractivity contribution is 5.85. The first kappa shape index (κ1) is 9.83. The van der Waals surface area contributed by atoms with Crippen LogP contribution in [0.3, 0.4) is 0 Å². The van der Waals surface area contributed by atoms with Crippen LogP contribution in [0.15, 0.2) is 24.3 Å². The first-order valence-corrected chi connectivity index (χ1v) is 5.01. The second kappa shape index (κ2) is 3.46. The molecule has 0 spiro atoms. The van der Waals surface area contributed by atoms with Crippen LogP contribution in [-0.4, -0.2) is 24.5 Å². The number of rotatable bonds is 1. The number of nitrogens with two attached hydrogens (primary N) is 1. The SMILES string of the molecule is CC1CN(c2ccccc2N)N(C)C1=O. The number of hydrogen-bond acceptors (Lipinski definition) is 3. The summed E-state index contributed by atoms with van der Waals surface area (Å²) >= 11 is 0. The maximum absolute atomic E-state index is 11.6. The van der Waals surface area contributed by atoms with Crippen LogP contribution in [0.5, 0.6) is 0 Å². The summed E-state index contributed by atoms with van der Waals surface area (Å²) in [5.74, 6) is 0.174. The summed E-state index contributed by atoms with van der Waals surface area (Å²) < 4.78 is 0. The van der Waals surface area contributed by atoms with Gasteiger partial charge in [-0.05, 0) is 12.1 Å². The molecule has 1 fully saturated rings. The number of carbonyl (C=O) groups excluding carboxylic acids is 1. The summed E-state index contributed by atoms with van der Waals surface area (Å²) in [7, 11) is 1.78. The van der Waals surface area contributed by atoms with Crippen molar-refractivity contribution in [2.75, 3.05) is 24.3 Å². The van der Waals surface area contributed by atoms with E-state index in [0.29, 0.717) is 12.2 Å². The van der Waals surface area contributed by atoms with Gasteiger partial charge in [0.15, 0.2) is 0 Å². The molecule has 1 aromatic carbocycles. The fraction of sp³-hybridized carbons (Fsp3) is 0.364. The van der Waals surface area contributed by atoms with Gasteiger partial charge in [0.1, 0.15) is 0 Å². The molecule has 1 unspecified atom stereocenters. The van der Waals surface area contributed by atoms with E-state index in [-0.39, 0.29) is 11.8 Å². The summed E-state index contributed by atoms with van der Waals surface area (Å²) in [6.45, 7) is 2.63. The van der Waals surface area contributed by atoms with Gasteiger partial charge in [-0.2, -0.15) is 0 Å². The Kier molecular flexibility index (Phi) is 2.26. The molecule has 1 saturated heterocycles. The van der Waals surface area contributed by atoms with Gasteiger partial charge in [-0.1, -0.05) is 19.1 Å². The van der Waals surface area contributed by atoms with E-state index >= 15 is 0 Å². The lowest BCUT2D eigenvalue weighted by molar-refractivity contribution is -0.129. The van der Waals surface area contributed by atoms with Crippen molar-refractivity contribution in [3.63, 3.8) is 0 Å². The molecule has 2 N–H and O–H groups in total. The highest BCUT2D eigenvalue weighted by Crippen LogP contribution is 2.28. The van der Waals surface area contributed by atoms with E-state index in [2.05, 4.69) is 0 Å². The van der Waals surface area contributed by atoms with Gasteiger partial charge in [-0.3, -0.25) is 14.8 Å². The van der Waals surface area contributed by atoms with Gasteiger partial charge < -0.3 is 5.73 Å². The van der Waals surface area contributed by atoms with Crippen LogP contribution in [0.2, 0.25) is 0 Å². The van der Waals surface area contributed by atoms with Gasteiger partial charge in [-0.25, -0.2) is 0 Å². The topological polar surface area (TPSA) is 49.6 Å². The number of carbonyl (C=O) groups is 1. The molecule has 0 radical (unpaired) electrons. The van der Waals surface area contributed by atoms with Gasteiger partial charge in [0.2, 0.25) is 5.91 Å². The van der Waals surface area contributed by atoms with Gasteiger partial charge in [-0.15, -0.1) is 0 Å². The van der Waals surface area contributed by atoms with Gasteiger partial charge in [0.05, 0.1) is 23.8 Å². The average molecular weight is 205 g/mol. The number of anilines is 2. The Hall–Kier alpha value is -1.71. The second-order valence-corrected chi connectivity index (χ2v) is 3.90. The largest absolute Gasteiger partial charge is 0.397 e. The Morgan fingerprint density at radius 1 is 1.40 bits per heavy atom. The van der Waals surface area contributed by atoms with Crippen molar-refractivity contribution in [2.45, 2.75) is 6.92 Å². The Morgan fingerprint density at radius 3 is 2.60 bits per heavy atom. The number of benzene rings is 1. The minimum absolute atomic E-state index is 0.0367. The van der Waals surface area contributed by atoms with Crippen molar-refractivity contribution in [1.82, 2.24) is 5.01 Å². The molecule has 1 aliphatic rings. The third-order valence-electron chi connectivity index (χ3n) is 2.76. The number of hydrogen-bond donors (Lipinski definition) is 1. The van der Waals surface area contributed by atoms with Crippen molar-refractivity contribution in [3.8, 4) is 0 Å². The molecule has 0 aliphatic carbocycles. The fourth-order valence-electron chi connectivity index (χ4n) is 1.88. The maximum atomic E-state index is 11.6. The van der Waals surface area contributed by atoms with Crippen molar-refractivity contribution in [2.24, 2.45) is 5.92 Å². The van der Waals surface area contributed by atoms with E-state index in [9.17, 15) is 4.79 Å². The van der Waals surface area contributed by atoms with Crippen LogP contribution in [-0.2, 0) is 4.79 Å². The van der Waals surface area contributed by atoms with Crippen LogP contribution in [0, 0.1) is 5.92 Å². The summed E-state index contributed by atoms with van der Waals surface area (Å²) in [5.41, 5.74) is 7.47. The smallest absolute Gasteiger partial charge is 0.245 e. The third-order valence-corrected chi connectivity index (χ3v) is 2.76. The van der Waals surface area contributed by atoms with Gasteiger partial charge in [0.25, 0.3) is 0 Å². The predicted octanol–water partition coefficient (Wildman–Crippen LogP) is 1.10. The van der Waals surface area contributed by atoms with Crippen LogP contribution >= 0.6 is 0 Å². The predicted molar refractivity (Wildman–Crippen MR) is 60.1 cm³/mol. The quantitative estimate of drug-likeness (QED) is 0.698. The van der Waals surface area contributed by atoms with Crippen LogP contribution in [0.1, 0.15) is 6.92 Å². The number of hydrazine groups is 1. The van der Waals surface area contributed by atoms with E-state index in [4.69, 9.17) is 5.73 Å². The summed E-state index contributed by atoms with van der Waals surface area (Å²) in [6, 6.07) is 7.58. The molecule has 4 heteroatoms. The molecule has 80 valence electrons. The molecule has 0 bridgehead atoms. The van der Waals surface area contributed by atoms with E-state index in [1.165, 1.54) is 0 Å². The minimum Gasteiger partial charge on any atom is -0.397 e. The Labute approximate surface area is 89.2 Å². The normalized spacial score (nSPS) is 21.2. The van der Waals surface area contributed by atoms with Crippen molar-refractivity contribution in [1.29, 1.82) is 0 Å². The molecule has 1 aromatic rings. The Bertz CT molecular complexity index is 391. The zero-order valence-corrected chi connectivity index (χ0v) is 8.97. The fourth-order valence-corrected chi connectivity index (χ4v) is 1.88. The highest BCUT2D eigenvalue weighted by Gasteiger charge is 2.33. The zero-order chi connectivity index (χ0) is 11.0. The monoisotopic (exact) mass is 205 g/mol. The maximum Gasteiger partial charge on any atom is 0.245 e. The molecule has 4 nitrogen and oxygen atoms in total. The molecule has 1 heterocycles. The van der Waals surface area contributed by atoms with Crippen LogP contribution in [0.4, 0.5) is 11.4 Å². The number of amides is 1.